The molecule has 1 unspecified atom stereocenters. The van der Waals surface area contributed by atoms with Crippen LogP contribution in [0.1, 0.15) is 30.1 Å². The van der Waals surface area contributed by atoms with Crippen LogP contribution in [-0.2, 0) is 0 Å². The van der Waals surface area contributed by atoms with E-state index in [1.165, 1.54) is 0 Å². The minimum atomic E-state index is -0.206. The van der Waals surface area contributed by atoms with Gasteiger partial charge in [-0.05, 0) is 40.5 Å². The van der Waals surface area contributed by atoms with Crippen molar-refractivity contribution in [1.82, 2.24) is 5.32 Å². The zero-order chi connectivity index (χ0) is 12.8. The molecule has 0 bridgehead atoms. The fourth-order valence-corrected chi connectivity index (χ4v) is 2.62. The molecule has 0 fully saturated rings. The molecule has 0 saturated heterocycles. The van der Waals surface area contributed by atoms with Crippen molar-refractivity contribution in [3.05, 3.63) is 32.7 Å². The molecule has 0 saturated carbocycles. The third kappa shape index (κ3) is 4.18. The molecule has 1 rings (SSSR count). The minimum absolute atomic E-state index is 0.152. The van der Waals surface area contributed by atoms with Gasteiger partial charge in [0.2, 0.25) is 0 Å². The maximum absolute atomic E-state index is 12.0. The topological polar surface area (TPSA) is 29.1 Å². The summed E-state index contributed by atoms with van der Waals surface area (Å²) in [7, 11) is 0. The van der Waals surface area contributed by atoms with Gasteiger partial charge in [-0.25, -0.2) is 0 Å². The van der Waals surface area contributed by atoms with Gasteiger partial charge in [-0.15, -0.1) is 6.42 Å². The van der Waals surface area contributed by atoms with Crippen molar-refractivity contribution in [3.8, 4) is 12.3 Å². The van der Waals surface area contributed by atoms with E-state index in [0.717, 1.165) is 21.8 Å². The molecule has 1 aromatic carbocycles. The summed E-state index contributed by atoms with van der Waals surface area (Å²) in [5, 5.41) is 2.82. The molecule has 17 heavy (non-hydrogen) atoms. The number of carbonyl (C=O) groups is 1. The first-order valence-corrected chi connectivity index (χ1v) is 6.89. The normalized spacial score (nSPS) is 11.6. The Morgan fingerprint density at radius 1 is 1.53 bits per heavy atom. The first-order valence-electron chi connectivity index (χ1n) is 5.30. The van der Waals surface area contributed by atoms with Crippen LogP contribution < -0.4 is 5.32 Å². The number of rotatable bonds is 4. The number of hydrogen-bond acceptors (Lipinski definition) is 1. The van der Waals surface area contributed by atoms with E-state index < -0.39 is 0 Å². The highest BCUT2D eigenvalue weighted by atomic mass is 79.9. The van der Waals surface area contributed by atoms with E-state index in [9.17, 15) is 4.79 Å². The average Bonchev–Trinajstić information content (AvgIpc) is 2.28. The Hall–Kier alpha value is -0.790. The molecule has 0 spiro atoms. The van der Waals surface area contributed by atoms with Crippen LogP contribution in [0.15, 0.2) is 27.1 Å². The van der Waals surface area contributed by atoms with Gasteiger partial charge in [0, 0.05) is 8.95 Å². The second kappa shape index (κ2) is 6.83. The summed E-state index contributed by atoms with van der Waals surface area (Å²) in [6, 6.07) is 5.20. The Balaban J connectivity index is 2.79. The molecule has 0 aliphatic carbocycles. The van der Waals surface area contributed by atoms with Crippen molar-refractivity contribution in [2.45, 2.75) is 25.8 Å². The molecule has 2 nitrogen and oxygen atoms in total. The van der Waals surface area contributed by atoms with Crippen molar-refractivity contribution in [2.75, 3.05) is 0 Å². The second-order valence-corrected chi connectivity index (χ2v) is 5.38. The van der Waals surface area contributed by atoms with Crippen LogP contribution in [0.5, 0.6) is 0 Å². The van der Waals surface area contributed by atoms with Crippen LogP contribution in [0.3, 0.4) is 0 Å². The van der Waals surface area contributed by atoms with Gasteiger partial charge in [0.1, 0.15) is 0 Å². The molecule has 4 heteroatoms. The van der Waals surface area contributed by atoms with E-state index in [4.69, 9.17) is 6.42 Å². The van der Waals surface area contributed by atoms with Crippen molar-refractivity contribution in [2.24, 2.45) is 0 Å². The first-order chi connectivity index (χ1) is 8.08. The summed E-state index contributed by atoms with van der Waals surface area (Å²) in [4.78, 5) is 12.0. The van der Waals surface area contributed by atoms with Crippen LogP contribution in [-0.4, -0.2) is 11.9 Å². The van der Waals surface area contributed by atoms with E-state index in [2.05, 4.69) is 43.1 Å². The Bertz CT molecular complexity index is 451. The zero-order valence-corrected chi connectivity index (χ0v) is 12.6. The average molecular weight is 359 g/mol. The summed E-state index contributed by atoms with van der Waals surface area (Å²) in [5.74, 6) is 2.43. The van der Waals surface area contributed by atoms with Crippen molar-refractivity contribution < 1.29 is 4.79 Å². The lowest BCUT2D eigenvalue weighted by atomic mass is 10.1. The molecule has 1 aromatic rings. The van der Waals surface area contributed by atoms with E-state index in [1.54, 1.807) is 6.07 Å². The van der Waals surface area contributed by atoms with Gasteiger partial charge in [-0.1, -0.05) is 35.2 Å². The van der Waals surface area contributed by atoms with Crippen molar-refractivity contribution in [1.29, 1.82) is 0 Å². The molecule has 0 aromatic heterocycles. The van der Waals surface area contributed by atoms with Gasteiger partial charge in [-0.2, -0.15) is 0 Å². The third-order valence-electron chi connectivity index (χ3n) is 2.26. The zero-order valence-electron chi connectivity index (χ0n) is 9.47. The van der Waals surface area contributed by atoms with Crippen molar-refractivity contribution in [3.63, 3.8) is 0 Å². The second-order valence-electron chi connectivity index (χ2n) is 3.61. The highest BCUT2D eigenvalue weighted by Crippen LogP contribution is 2.22. The molecule has 1 atom stereocenters. The maximum atomic E-state index is 12.0. The number of carbonyl (C=O) groups excluding carboxylic acids is 1. The van der Waals surface area contributed by atoms with Crippen LogP contribution in [0.25, 0.3) is 0 Å². The van der Waals surface area contributed by atoms with Crippen LogP contribution in [0.2, 0.25) is 0 Å². The summed E-state index contributed by atoms with van der Waals surface area (Å²) in [6.45, 7) is 2.03. The van der Waals surface area contributed by atoms with Gasteiger partial charge in [0.05, 0.1) is 11.6 Å². The lowest BCUT2D eigenvalue weighted by Gasteiger charge is -2.12. The molecular weight excluding hydrogens is 346 g/mol. The predicted molar refractivity (Wildman–Crippen MR) is 76.8 cm³/mol. The number of nitrogens with one attached hydrogen (secondary N) is 1. The Labute approximate surface area is 118 Å². The van der Waals surface area contributed by atoms with Gasteiger partial charge < -0.3 is 5.32 Å². The highest BCUT2D eigenvalue weighted by molar-refractivity contribution is 9.11. The first kappa shape index (κ1) is 14.3. The SMILES string of the molecule is C#CC(CCC)NC(=O)c1ccc(Br)cc1Br. The van der Waals surface area contributed by atoms with Crippen molar-refractivity contribution >= 4 is 37.8 Å². The summed E-state index contributed by atoms with van der Waals surface area (Å²) >= 11 is 6.70. The van der Waals surface area contributed by atoms with E-state index in [1.807, 2.05) is 19.1 Å². The molecule has 90 valence electrons. The quantitative estimate of drug-likeness (QED) is 0.816. The Kier molecular flexibility index (Phi) is 5.73. The van der Waals surface area contributed by atoms with Gasteiger partial charge in [-0.3, -0.25) is 4.79 Å². The minimum Gasteiger partial charge on any atom is -0.338 e. The highest BCUT2D eigenvalue weighted by Gasteiger charge is 2.13. The summed E-state index contributed by atoms with van der Waals surface area (Å²) < 4.78 is 1.67. The molecular formula is C13H13Br2NO. The van der Waals surface area contributed by atoms with Gasteiger partial charge in [0.15, 0.2) is 0 Å². The smallest absolute Gasteiger partial charge is 0.253 e. The molecule has 0 radical (unpaired) electrons. The molecule has 0 aliphatic rings. The fraction of sp³-hybridized carbons (Fsp3) is 0.308. The van der Waals surface area contributed by atoms with Gasteiger partial charge in [0.25, 0.3) is 5.91 Å². The molecule has 1 N–H and O–H groups in total. The van der Waals surface area contributed by atoms with E-state index >= 15 is 0 Å². The fourth-order valence-electron chi connectivity index (χ4n) is 1.40. The number of amides is 1. The van der Waals surface area contributed by atoms with E-state index in [-0.39, 0.29) is 11.9 Å². The number of hydrogen-bond donors (Lipinski definition) is 1. The largest absolute Gasteiger partial charge is 0.338 e. The maximum Gasteiger partial charge on any atom is 0.253 e. The number of halogens is 2. The van der Waals surface area contributed by atoms with Crippen LogP contribution in [0.4, 0.5) is 0 Å². The van der Waals surface area contributed by atoms with E-state index in [0.29, 0.717) is 5.56 Å². The number of benzene rings is 1. The third-order valence-corrected chi connectivity index (χ3v) is 3.41. The Morgan fingerprint density at radius 2 is 2.24 bits per heavy atom. The van der Waals surface area contributed by atoms with Gasteiger partial charge >= 0.3 is 0 Å². The molecule has 0 heterocycles. The van der Waals surface area contributed by atoms with Crippen LogP contribution >= 0.6 is 31.9 Å². The number of terminal acetylenes is 1. The summed E-state index contributed by atoms with van der Waals surface area (Å²) in [6.07, 6.45) is 7.09. The molecule has 1 amide bonds. The lowest BCUT2D eigenvalue weighted by Crippen LogP contribution is -2.33. The molecule has 0 aliphatic heterocycles. The standard InChI is InChI=1S/C13H13Br2NO/c1-3-5-10(4-2)16-13(17)11-7-6-9(14)8-12(11)15/h2,6-8,10H,3,5H2,1H3,(H,16,17). The monoisotopic (exact) mass is 357 g/mol. The summed E-state index contributed by atoms with van der Waals surface area (Å²) in [5.41, 5.74) is 0.588. The lowest BCUT2D eigenvalue weighted by molar-refractivity contribution is 0.0943. The van der Waals surface area contributed by atoms with Crippen LogP contribution in [0, 0.1) is 12.3 Å². The Morgan fingerprint density at radius 3 is 2.76 bits per heavy atom. The predicted octanol–water partition coefficient (Wildman–Crippen LogP) is 3.74.